The van der Waals surface area contributed by atoms with Gasteiger partial charge in [-0.25, -0.2) is 0 Å². The minimum Gasteiger partial charge on any atom is -0.282 e. The van der Waals surface area contributed by atoms with Crippen LogP contribution in [0.1, 0.15) is 38.5 Å². The first-order chi connectivity index (χ1) is 7.75. The maximum Gasteiger partial charge on any atom is 0.233 e. The van der Waals surface area contributed by atoms with E-state index in [1.807, 2.05) is 0 Å². The van der Waals surface area contributed by atoms with Crippen LogP contribution in [-0.2, 0) is 9.59 Å². The summed E-state index contributed by atoms with van der Waals surface area (Å²) in [5.41, 5.74) is 0. The SMILES string of the molecule is C#CCCCCN1C(=O)C2CCCC2C1=O. The average molecular weight is 219 g/mol. The summed E-state index contributed by atoms with van der Waals surface area (Å²) in [4.78, 5) is 25.3. The van der Waals surface area contributed by atoms with E-state index in [1.54, 1.807) is 0 Å². The molecule has 2 unspecified atom stereocenters. The monoisotopic (exact) mass is 219 g/mol. The second kappa shape index (κ2) is 4.69. The first-order valence-corrected chi connectivity index (χ1v) is 6.04. The summed E-state index contributed by atoms with van der Waals surface area (Å²) in [6, 6.07) is 0. The second-order valence-corrected chi connectivity index (χ2v) is 4.63. The Morgan fingerprint density at radius 2 is 1.81 bits per heavy atom. The molecule has 2 rings (SSSR count). The zero-order valence-electron chi connectivity index (χ0n) is 9.45. The van der Waals surface area contributed by atoms with E-state index < -0.39 is 0 Å². The smallest absolute Gasteiger partial charge is 0.233 e. The highest BCUT2D eigenvalue weighted by Crippen LogP contribution is 2.39. The molecule has 3 nitrogen and oxygen atoms in total. The van der Waals surface area contributed by atoms with Crippen LogP contribution in [0.25, 0.3) is 0 Å². The lowest BCUT2D eigenvalue weighted by molar-refractivity contribution is -0.140. The van der Waals surface area contributed by atoms with Gasteiger partial charge >= 0.3 is 0 Å². The van der Waals surface area contributed by atoms with Crippen LogP contribution in [0.2, 0.25) is 0 Å². The maximum atomic E-state index is 11.9. The lowest BCUT2D eigenvalue weighted by atomic mass is 10.00. The van der Waals surface area contributed by atoms with Gasteiger partial charge in [-0.15, -0.1) is 12.3 Å². The molecule has 2 aliphatic rings. The standard InChI is InChI=1S/C13H17NO2/c1-2-3-4-5-9-14-12(15)10-7-6-8-11(10)13(14)16/h1,10-11H,3-9H2. The average Bonchev–Trinajstić information content (AvgIpc) is 2.83. The van der Waals surface area contributed by atoms with Gasteiger partial charge in [-0.1, -0.05) is 6.42 Å². The fourth-order valence-electron chi connectivity index (χ4n) is 2.78. The molecule has 0 aromatic heterocycles. The van der Waals surface area contributed by atoms with Crippen molar-refractivity contribution >= 4 is 11.8 Å². The quantitative estimate of drug-likeness (QED) is 0.409. The van der Waals surface area contributed by atoms with E-state index in [-0.39, 0.29) is 23.7 Å². The minimum absolute atomic E-state index is 0.000124. The molecule has 1 saturated carbocycles. The highest BCUT2D eigenvalue weighted by Gasteiger charge is 2.49. The summed E-state index contributed by atoms with van der Waals surface area (Å²) in [6.07, 6.45) is 10.4. The lowest BCUT2D eigenvalue weighted by Gasteiger charge is -2.15. The van der Waals surface area contributed by atoms with Gasteiger partial charge in [-0.05, 0) is 25.7 Å². The number of fused-ring (bicyclic) bond motifs is 1. The molecule has 2 amide bonds. The number of carbonyl (C=O) groups excluding carboxylic acids is 2. The van der Waals surface area contributed by atoms with Crippen LogP contribution in [0.5, 0.6) is 0 Å². The molecule has 1 heterocycles. The Morgan fingerprint density at radius 1 is 1.19 bits per heavy atom. The Kier molecular flexibility index (Phi) is 3.28. The molecule has 0 radical (unpaired) electrons. The van der Waals surface area contributed by atoms with Crippen molar-refractivity contribution in [2.24, 2.45) is 11.8 Å². The molecule has 86 valence electrons. The topological polar surface area (TPSA) is 37.4 Å². The van der Waals surface area contributed by atoms with Crippen LogP contribution in [0.15, 0.2) is 0 Å². The van der Waals surface area contributed by atoms with Crippen molar-refractivity contribution in [2.45, 2.75) is 38.5 Å². The number of amides is 2. The molecule has 0 aromatic rings. The van der Waals surface area contributed by atoms with Crippen molar-refractivity contribution in [1.29, 1.82) is 0 Å². The molecule has 0 bridgehead atoms. The molecule has 0 aromatic carbocycles. The highest BCUT2D eigenvalue weighted by atomic mass is 16.2. The Hall–Kier alpha value is -1.30. The van der Waals surface area contributed by atoms with Crippen molar-refractivity contribution in [2.75, 3.05) is 6.54 Å². The van der Waals surface area contributed by atoms with Gasteiger partial charge in [0, 0.05) is 13.0 Å². The Bertz CT molecular complexity index is 320. The van der Waals surface area contributed by atoms with Crippen molar-refractivity contribution in [3.05, 3.63) is 0 Å². The lowest BCUT2D eigenvalue weighted by Crippen LogP contribution is -2.32. The summed E-state index contributed by atoms with van der Waals surface area (Å²) in [5.74, 6) is 2.69. The van der Waals surface area contributed by atoms with Gasteiger partial charge in [-0.3, -0.25) is 14.5 Å². The zero-order valence-corrected chi connectivity index (χ0v) is 9.45. The number of imide groups is 1. The van der Waals surface area contributed by atoms with E-state index in [2.05, 4.69) is 5.92 Å². The van der Waals surface area contributed by atoms with Crippen molar-refractivity contribution in [1.82, 2.24) is 4.90 Å². The van der Waals surface area contributed by atoms with Gasteiger partial charge in [0.2, 0.25) is 11.8 Å². The molecular weight excluding hydrogens is 202 g/mol. The van der Waals surface area contributed by atoms with Crippen LogP contribution in [0.3, 0.4) is 0 Å². The maximum absolute atomic E-state index is 11.9. The molecule has 16 heavy (non-hydrogen) atoms. The third-order valence-corrected chi connectivity index (χ3v) is 3.64. The van der Waals surface area contributed by atoms with Gasteiger partial charge < -0.3 is 0 Å². The molecular formula is C13H17NO2. The summed E-state index contributed by atoms with van der Waals surface area (Å²) >= 11 is 0. The van der Waals surface area contributed by atoms with Crippen LogP contribution >= 0.6 is 0 Å². The number of rotatable bonds is 4. The zero-order chi connectivity index (χ0) is 11.5. The van der Waals surface area contributed by atoms with Gasteiger partial charge in [0.25, 0.3) is 0 Å². The normalized spacial score (nSPS) is 28.3. The van der Waals surface area contributed by atoms with Crippen LogP contribution in [0, 0.1) is 24.2 Å². The van der Waals surface area contributed by atoms with E-state index in [4.69, 9.17) is 6.42 Å². The van der Waals surface area contributed by atoms with Crippen molar-refractivity contribution in [3.63, 3.8) is 0 Å². The molecule has 3 heteroatoms. The highest BCUT2D eigenvalue weighted by molar-refractivity contribution is 6.05. The third kappa shape index (κ3) is 1.84. The molecule has 2 fully saturated rings. The number of hydrogen-bond donors (Lipinski definition) is 0. The second-order valence-electron chi connectivity index (χ2n) is 4.63. The van der Waals surface area contributed by atoms with Crippen LogP contribution in [0.4, 0.5) is 0 Å². The molecule has 0 N–H and O–H groups in total. The van der Waals surface area contributed by atoms with Gasteiger partial charge in [0.15, 0.2) is 0 Å². The van der Waals surface area contributed by atoms with Gasteiger partial charge in [0.1, 0.15) is 0 Å². The molecule has 0 spiro atoms. The number of nitrogens with zero attached hydrogens (tertiary/aromatic N) is 1. The molecule has 1 saturated heterocycles. The number of carbonyl (C=O) groups is 2. The predicted octanol–water partition coefficient (Wildman–Crippen LogP) is 1.57. The Morgan fingerprint density at radius 3 is 2.38 bits per heavy atom. The van der Waals surface area contributed by atoms with Crippen molar-refractivity contribution < 1.29 is 9.59 Å². The van der Waals surface area contributed by atoms with E-state index in [0.717, 1.165) is 38.5 Å². The van der Waals surface area contributed by atoms with Gasteiger partial charge in [0.05, 0.1) is 11.8 Å². The summed E-state index contributed by atoms with van der Waals surface area (Å²) < 4.78 is 0. The predicted molar refractivity (Wildman–Crippen MR) is 60.2 cm³/mol. The first kappa shape index (κ1) is 11.2. The number of likely N-dealkylation sites (tertiary alicyclic amines) is 1. The van der Waals surface area contributed by atoms with Crippen LogP contribution < -0.4 is 0 Å². The largest absolute Gasteiger partial charge is 0.282 e. The molecule has 1 aliphatic heterocycles. The first-order valence-electron chi connectivity index (χ1n) is 6.04. The van der Waals surface area contributed by atoms with E-state index in [1.165, 1.54) is 4.90 Å². The van der Waals surface area contributed by atoms with Gasteiger partial charge in [-0.2, -0.15) is 0 Å². The van der Waals surface area contributed by atoms with E-state index in [9.17, 15) is 9.59 Å². The molecule has 1 aliphatic carbocycles. The summed E-state index contributed by atoms with van der Waals surface area (Å²) in [6.45, 7) is 0.562. The molecule has 2 atom stereocenters. The third-order valence-electron chi connectivity index (χ3n) is 3.64. The Balaban J connectivity index is 1.89. The van der Waals surface area contributed by atoms with E-state index in [0.29, 0.717) is 6.54 Å². The van der Waals surface area contributed by atoms with E-state index >= 15 is 0 Å². The summed E-state index contributed by atoms with van der Waals surface area (Å²) in [7, 11) is 0. The number of hydrogen-bond acceptors (Lipinski definition) is 2. The minimum atomic E-state index is 0.000124. The fraction of sp³-hybridized carbons (Fsp3) is 0.692. The summed E-state index contributed by atoms with van der Waals surface area (Å²) in [5, 5.41) is 0. The number of terminal acetylenes is 1. The van der Waals surface area contributed by atoms with Crippen molar-refractivity contribution in [3.8, 4) is 12.3 Å². The number of unbranched alkanes of at least 4 members (excludes halogenated alkanes) is 2. The fourth-order valence-corrected chi connectivity index (χ4v) is 2.78. The Labute approximate surface area is 96.2 Å². The van der Waals surface area contributed by atoms with Crippen LogP contribution in [-0.4, -0.2) is 23.3 Å².